The molecule has 0 radical (unpaired) electrons. The number of aromatic nitrogens is 3. The van der Waals surface area contributed by atoms with Crippen LogP contribution in [0.1, 0.15) is 25.1 Å². The minimum absolute atomic E-state index is 0.826. The first kappa shape index (κ1) is 18.2. The maximum Gasteiger partial charge on any atom is 0.128 e. The van der Waals surface area contributed by atoms with Crippen LogP contribution in [0.4, 0.5) is 11.5 Å². The second-order valence-electron chi connectivity index (χ2n) is 8.89. The number of benzene rings is 1. The summed E-state index contributed by atoms with van der Waals surface area (Å²) in [6.07, 6.45) is 7.14. The number of hydrogen-bond acceptors (Lipinski definition) is 5. The number of pyridine rings is 1. The number of piperazine rings is 1. The van der Waals surface area contributed by atoms with E-state index in [0.717, 1.165) is 69.6 Å². The van der Waals surface area contributed by atoms with E-state index in [1.54, 1.807) is 0 Å². The molecule has 2 fully saturated rings. The smallest absolute Gasteiger partial charge is 0.128 e. The lowest BCUT2D eigenvalue weighted by Crippen LogP contribution is -2.46. The highest BCUT2D eigenvalue weighted by Crippen LogP contribution is 2.29. The third-order valence-electron chi connectivity index (χ3n) is 7.25. The van der Waals surface area contributed by atoms with Gasteiger partial charge in [-0.15, -0.1) is 0 Å². The summed E-state index contributed by atoms with van der Waals surface area (Å²) < 4.78 is 2.49. The second kappa shape index (κ2) is 7.58. The predicted octanol–water partition coefficient (Wildman–Crippen LogP) is 3.17. The molecule has 6 heteroatoms. The molecule has 6 rings (SSSR count). The van der Waals surface area contributed by atoms with Gasteiger partial charge in [0.2, 0.25) is 0 Å². The van der Waals surface area contributed by atoms with Crippen LogP contribution in [0.5, 0.6) is 0 Å². The van der Waals surface area contributed by atoms with Crippen LogP contribution < -0.4 is 9.80 Å². The van der Waals surface area contributed by atoms with Crippen LogP contribution in [0, 0.1) is 0 Å². The molecule has 1 saturated carbocycles. The van der Waals surface area contributed by atoms with Gasteiger partial charge in [0.1, 0.15) is 11.6 Å². The van der Waals surface area contributed by atoms with Crippen molar-refractivity contribution in [3.8, 4) is 0 Å². The molecular weight excluding hydrogens is 372 g/mol. The van der Waals surface area contributed by atoms with Gasteiger partial charge < -0.3 is 14.4 Å². The van der Waals surface area contributed by atoms with Gasteiger partial charge in [0, 0.05) is 70.2 Å². The maximum atomic E-state index is 4.99. The molecule has 156 valence electrons. The zero-order chi connectivity index (χ0) is 19.9. The molecule has 3 aromatic rings. The van der Waals surface area contributed by atoms with E-state index in [1.165, 1.54) is 36.3 Å². The van der Waals surface area contributed by atoms with Crippen LogP contribution in [0.25, 0.3) is 11.0 Å². The van der Waals surface area contributed by atoms with Gasteiger partial charge in [0.15, 0.2) is 0 Å². The first-order chi connectivity index (χ1) is 14.8. The lowest BCUT2D eigenvalue weighted by Gasteiger charge is -2.37. The van der Waals surface area contributed by atoms with E-state index >= 15 is 0 Å². The van der Waals surface area contributed by atoms with E-state index in [2.05, 4.69) is 54.6 Å². The topological polar surface area (TPSA) is 40.4 Å². The van der Waals surface area contributed by atoms with Gasteiger partial charge in [-0.3, -0.25) is 4.90 Å². The summed E-state index contributed by atoms with van der Waals surface area (Å²) in [5.41, 5.74) is 3.79. The fourth-order valence-electron chi connectivity index (χ4n) is 5.23. The van der Waals surface area contributed by atoms with E-state index in [9.17, 15) is 0 Å². The van der Waals surface area contributed by atoms with Crippen molar-refractivity contribution in [1.82, 2.24) is 19.4 Å². The Morgan fingerprint density at radius 1 is 0.833 bits per heavy atom. The largest absolute Gasteiger partial charge is 0.368 e. The third-order valence-corrected chi connectivity index (χ3v) is 7.25. The van der Waals surface area contributed by atoms with Gasteiger partial charge in [-0.1, -0.05) is 12.5 Å². The minimum atomic E-state index is 0.826. The van der Waals surface area contributed by atoms with Crippen molar-refractivity contribution in [2.45, 2.75) is 38.3 Å². The predicted molar refractivity (Wildman–Crippen MR) is 121 cm³/mol. The fraction of sp³-hybridized carbons (Fsp3) is 0.500. The quantitative estimate of drug-likeness (QED) is 0.673. The lowest BCUT2D eigenvalue weighted by atomic mass is 9.91. The van der Waals surface area contributed by atoms with E-state index in [0.29, 0.717) is 0 Å². The average molecular weight is 403 g/mol. The highest BCUT2D eigenvalue weighted by molar-refractivity contribution is 5.80. The Kier molecular flexibility index (Phi) is 4.60. The Hall–Kier alpha value is -2.60. The summed E-state index contributed by atoms with van der Waals surface area (Å²) >= 11 is 0. The zero-order valence-corrected chi connectivity index (χ0v) is 17.6. The van der Waals surface area contributed by atoms with Gasteiger partial charge in [0.05, 0.1) is 11.0 Å². The third kappa shape index (κ3) is 3.23. The van der Waals surface area contributed by atoms with Crippen LogP contribution in [0.15, 0.2) is 42.6 Å². The van der Waals surface area contributed by atoms with Crippen LogP contribution in [0.3, 0.4) is 0 Å². The van der Waals surface area contributed by atoms with Crippen LogP contribution in [-0.2, 0) is 13.0 Å². The molecule has 1 saturated heterocycles. The zero-order valence-electron chi connectivity index (χ0n) is 17.6. The molecule has 3 aliphatic rings. The second-order valence-corrected chi connectivity index (χ2v) is 8.89. The molecule has 0 spiro atoms. The van der Waals surface area contributed by atoms with Crippen LogP contribution >= 0.6 is 0 Å². The molecule has 2 aromatic heterocycles. The molecule has 0 amide bonds. The Bertz CT molecular complexity index is 1020. The molecule has 4 heterocycles. The molecule has 30 heavy (non-hydrogen) atoms. The monoisotopic (exact) mass is 402 g/mol. The van der Waals surface area contributed by atoms with Crippen molar-refractivity contribution in [2.24, 2.45) is 0 Å². The van der Waals surface area contributed by atoms with Crippen molar-refractivity contribution < 1.29 is 0 Å². The lowest BCUT2D eigenvalue weighted by molar-refractivity contribution is 0.130. The molecular formula is C24H30N6. The Morgan fingerprint density at radius 3 is 2.47 bits per heavy atom. The summed E-state index contributed by atoms with van der Waals surface area (Å²) in [4.78, 5) is 17.1. The average Bonchev–Trinajstić information content (AvgIpc) is 2.99. The van der Waals surface area contributed by atoms with Crippen molar-refractivity contribution in [3.63, 3.8) is 0 Å². The van der Waals surface area contributed by atoms with Gasteiger partial charge in [0.25, 0.3) is 0 Å². The molecule has 6 nitrogen and oxygen atoms in total. The SMILES string of the molecule is c1ccc(N2CCN(c3ccc4nc5n(c4c3)CCN(C3CCC3)CC5)CC2)nc1. The van der Waals surface area contributed by atoms with Gasteiger partial charge in [-0.05, 0) is 43.2 Å². The van der Waals surface area contributed by atoms with Crippen molar-refractivity contribution in [2.75, 3.05) is 49.1 Å². The van der Waals surface area contributed by atoms with Gasteiger partial charge in [-0.25, -0.2) is 9.97 Å². The summed E-state index contributed by atoms with van der Waals surface area (Å²) in [5, 5.41) is 0. The number of imidazole rings is 1. The van der Waals surface area contributed by atoms with Gasteiger partial charge in [-0.2, -0.15) is 0 Å². The standard InChI is InChI=1S/C24H30N6/c1-2-10-25-23(6-1)29-14-12-28(13-15-29)20-7-8-21-22(18-20)30-17-16-27(19-4-3-5-19)11-9-24(30)26-21/h1-2,6-8,10,18-19H,3-5,9,11-17H2. The Balaban J connectivity index is 1.20. The first-order valence-electron chi connectivity index (χ1n) is 11.5. The highest BCUT2D eigenvalue weighted by Gasteiger charge is 2.27. The minimum Gasteiger partial charge on any atom is -0.368 e. The van der Waals surface area contributed by atoms with Gasteiger partial charge >= 0.3 is 0 Å². The van der Waals surface area contributed by atoms with Crippen molar-refractivity contribution in [3.05, 3.63) is 48.4 Å². The highest BCUT2D eigenvalue weighted by atomic mass is 15.3. The summed E-state index contributed by atoms with van der Waals surface area (Å²) in [7, 11) is 0. The van der Waals surface area contributed by atoms with E-state index < -0.39 is 0 Å². The number of fused-ring (bicyclic) bond motifs is 3. The normalized spacial score (nSPS) is 20.8. The molecule has 0 bridgehead atoms. The Morgan fingerprint density at radius 2 is 1.70 bits per heavy atom. The molecule has 0 N–H and O–H groups in total. The summed E-state index contributed by atoms with van der Waals surface area (Å²) in [5.74, 6) is 2.36. The fourth-order valence-corrected chi connectivity index (χ4v) is 5.23. The maximum absolute atomic E-state index is 4.99. The summed E-state index contributed by atoms with van der Waals surface area (Å²) in [6, 6.07) is 13.8. The molecule has 0 atom stereocenters. The molecule has 2 aliphatic heterocycles. The molecule has 0 unspecified atom stereocenters. The number of nitrogens with zero attached hydrogens (tertiary/aromatic N) is 6. The number of anilines is 2. The van der Waals surface area contributed by atoms with Crippen LogP contribution in [0.2, 0.25) is 0 Å². The molecule has 1 aromatic carbocycles. The Labute approximate surface area is 178 Å². The van der Waals surface area contributed by atoms with Crippen molar-refractivity contribution >= 4 is 22.5 Å². The number of hydrogen-bond donors (Lipinski definition) is 0. The summed E-state index contributed by atoms with van der Waals surface area (Å²) in [6.45, 7) is 7.47. The van der Waals surface area contributed by atoms with Crippen molar-refractivity contribution in [1.29, 1.82) is 0 Å². The molecule has 1 aliphatic carbocycles. The van der Waals surface area contributed by atoms with E-state index in [-0.39, 0.29) is 0 Å². The van der Waals surface area contributed by atoms with E-state index in [4.69, 9.17) is 4.98 Å². The first-order valence-corrected chi connectivity index (χ1v) is 11.5. The van der Waals surface area contributed by atoms with Crippen LogP contribution in [-0.4, -0.2) is 64.7 Å². The van der Waals surface area contributed by atoms with E-state index in [1.807, 2.05) is 12.3 Å². The number of rotatable bonds is 3.